The van der Waals surface area contributed by atoms with Crippen molar-refractivity contribution in [1.29, 1.82) is 0 Å². The molecule has 2 aromatic carbocycles. The minimum Gasteiger partial charge on any atom is -0.354 e. The summed E-state index contributed by atoms with van der Waals surface area (Å²) < 4.78 is 81.5. The van der Waals surface area contributed by atoms with Gasteiger partial charge in [0, 0.05) is 36.5 Å². The van der Waals surface area contributed by atoms with E-state index in [2.05, 4.69) is 5.32 Å². The lowest BCUT2D eigenvalue weighted by Crippen LogP contribution is -2.49. The van der Waals surface area contributed by atoms with Gasteiger partial charge in [0.1, 0.15) is 6.04 Å². The van der Waals surface area contributed by atoms with Crippen LogP contribution in [-0.4, -0.2) is 37.1 Å². The molecule has 1 N–H and O–H groups in total. The molecule has 0 radical (unpaired) electrons. The highest BCUT2D eigenvalue weighted by Crippen LogP contribution is 2.32. The van der Waals surface area contributed by atoms with E-state index in [1.165, 1.54) is 36.4 Å². The van der Waals surface area contributed by atoms with Gasteiger partial charge in [-0.2, -0.15) is 4.31 Å². The van der Waals surface area contributed by atoms with Gasteiger partial charge in [-0.1, -0.05) is 35.9 Å². The molecule has 1 heterocycles. The molecule has 11 heteroatoms. The summed E-state index contributed by atoms with van der Waals surface area (Å²) in [5.74, 6) is -4.11. The Morgan fingerprint density at radius 2 is 1.71 bits per heavy atom. The number of nitrogens with one attached hydrogen (secondary N) is 1. The summed E-state index contributed by atoms with van der Waals surface area (Å²) >= 11 is 5.81. The van der Waals surface area contributed by atoms with Crippen molar-refractivity contribution in [2.75, 3.05) is 6.54 Å². The Labute approximate surface area is 182 Å². The zero-order valence-electron chi connectivity index (χ0n) is 16.1. The van der Waals surface area contributed by atoms with E-state index in [0.29, 0.717) is 4.31 Å². The molecule has 1 saturated heterocycles. The molecule has 1 unspecified atom stereocenters. The molecule has 168 valence electrons. The minimum atomic E-state index is -4.41. The third kappa shape index (κ3) is 5.55. The van der Waals surface area contributed by atoms with Gasteiger partial charge in [-0.25, -0.2) is 26.0 Å². The maximum absolute atomic E-state index is 14.3. The van der Waals surface area contributed by atoms with Crippen molar-refractivity contribution < 1.29 is 30.8 Å². The number of nitrogens with zero attached hydrogens (tertiary/aromatic N) is 1. The van der Waals surface area contributed by atoms with Gasteiger partial charge in [0.2, 0.25) is 15.9 Å². The molecule has 0 aliphatic carbocycles. The lowest BCUT2D eigenvalue weighted by Gasteiger charge is -2.30. The molecule has 0 aromatic heterocycles. The molecule has 1 aliphatic heterocycles. The van der Waals surface area contributed by atoms with E-state index < -0.39 is 53.7 Å². The number of carbonyl (C=O) groups is 1. The summed E-state index contributed by atoms with van der Waals surface area (Å²) in [5, 5.41) is 2.60. The first-order valence-corrected chi connectivity index (χ1v) is 11.1. The van der Waals surface area contributed by atoms with Gasteiger partial charge in [-0.15, -0.1) is 0 Å². The second-order valence-electron chi connectivity index (χ2n) is 7.16. The Morgan fingerprint density at radius 3 is 2.29 bits per heavy atom. The highest BCUT2D eigenvalue weighted by atomic mass is 35.5. The van der Waals surface area contributed by atoms with E-state index >= 15 is 0 Å². The summed E-state index contributed by atoms with van der Waals surface area (Å²) in [7, 11) is -4.41. The molecule has 0 saturated carbocycles. The van der Waals surface area contributed by atoms with Gasteiger partial charge in [-0.05, 0) is 29.8 Å². The van der Waals surface area contributed by atoms with Crippen LogP contribution >= 0.6 is 11.6 Å². The molecule has 2 aromatic rings. The number of hydrogen-bond donors (Lipinski definition) is 1. The van der Waals surface area contributed by atoms with Gasteiger partial charge in [-0.3, -0.25) is 4.79 Å². The van der Waals surface area contributed by atoms with Crippen LogP contribution in [0.3, 0.4) is 0 Å². The van der Waals surface area contributed by atoms with Crippen LogP contribution in [0.4, 0.5) is 17.6 Å². The number of rotatable bonds is 6. The molecule has 31 heavy (non-hydrogen) atoms. The lowest BCUT2D eigenvalue weighted by molar-refractivity contribution is -0.126. The van der Waals surface area contributed by atoms with Crippen LogP contribution in [0.5, 0.6) is 0 Å². The Bertz CT molecular complexity index is 1030. The number of alkyl halides is 4. The van der Waals surface area contributed by atoms with Crippen molar-refractivity contribution in [2.24, 2.45) is 0 Å². The number of hydrogen-bond acceptors (Lipinski definition) is 3. The number of halogens is 5. The van der Waals surface area contributed by atoms with Crippen LogP contribution in [0.25, 0.3) is 0 Å². The Balaban J connectivity index is 2.04. The fourth-order valence-corrected chi connectivity index (χ4v) is 4.95. The number of benzene rings is 2. The molecule has 1 fully saturated rings. The maximum Gasteiger partial charge on any atom is 0.263 e. The van der Waals surface area contributed by atoms with Crippen LogP contribution in [-0.2, 0) is 21.4 Å². The van der Waals surface area contributed by atoms with Gasteiger partial charge in [0.15, 0.2) is 0 Å². The van der Waals surface area contributed by atoms with Crippen molar-refractivity contribution in [1.82, 2.24) is 9.62 Å². The molecular weight excluding hydrogens is 460 g/mol. The maximum atomic E-state index is 14.3. The Morgan fingerprint density at radius 1 is 1.10 bits per heavy atom. The molecule has 1 atom stereocenters. The minimum absolute atomic E-state index is 0.235. The fourth-order valence-electron chi connectivity index (χ4n) is 3.25. The summed E-state index contributed by atoms with van der Waals surface area (Å²) in [5.41, 5.74) is -0.00287. The topological polar surface area (TPSA) is 66.5 Å². The molecule has 0 bridgehead atoms. The second-order valence-corrected chi connectivity index (χ2v) is 9.49. The van der Waals surface area contributed by atoms with Gasteiger partial charge < -0.3 is 5.32 Å². The largest absolute Gasteiger partial charge is 0.354 e. The van der Waals surface area contributed by atoms with E-state index in [1.807, 2.05) is 0 Å². The summed E-state index contributed by atoms with van der Waals surface area (Å²) in [6.07, 6.45) is -4.33. The predicted octanol–water partition coefficient (Wildman–Crippen LogP) is 4.38. The van der Waals surface area contributed by atoms with E-state index in [-0.39, 0.29) is 27.6 Å². The number of sulfonamides is 1. The first-order valence-electron chi connectivity index (χ1n) is 9.29. The SMILES string of the molecule is O=C1NCCC(F)(F)CC1N(Cc1ccc(C(F)F)cc1)S(=O)(=O)c1ccc(Cl)cc1. The van der Waals surface area contributed by atoms with Crippen molar-refractivity contribution in [2.45, 2.75) is 42.7 Å². The average molecular weight is 479 g/mol. The van der Waals surface area contributed by atoms with Crippen molar-refractivity contribution in [3.63, 3.8) is 0 Å². The molecule has 1 aliphatic rings. The van der Waals surface area contributed by atoms with Gasteiger partial charge >= 0.3 is 0 Å². The molecular formula is C20H19ClF4N2O3S. The van der Waals surface area contributed by atoms with Crippen molar-refractivity contribution in [3.8, 4) is 0 Å². The highest BCUT2D eigenvalue weighted by Gasteiger charge is 2.45. The van der Waals surface area contributed by atoms with Crippen molar-refractivity contribution in [3.05, 3.63) is 64.7 Å². The van der Waals surface area contributed by atoms with Crippen LogP contribution in [0, 0.1) is 0 Å². The fraction of sp³-hybridized carbons (Fsp3) is 0.350. The summed E-state index contributed by atoms with van der Waals surface area (Å²) in [6.45, 7) is -0.747. The monoisotopic (exact) mass is 478 g/mol. The molecule has 0 spiro atoms. The predicted molar refractivity (Wildman–Crippen MR) is 107 cm³/mol. The van der Waals surface area contributed by atoms with Crippen molar-refractivity contribution >= 4 is 27.5 Å². The van der Waals surface area contributed by atoms with E-state index in [9.17, 15) is 30.8 Å². The van der Waals surface area contributed by atoms with E-state index in [1.54, 1.807) is 0 Å². The lowest BCUT2D eigenvalue weighted by atomic mass is 10.1. The first-order chi connectivity index (χ1) is 14.5. The third-order valence-electron chi connectivity index (χ3n) is 4.92. The molecule has 1 amide bonds. The van der Waals surface area contributed by atoms with E-state index in [4.69, 9.17) is 11.6 Å². The normalized spacial score (nSPS) is 19.3. The first kappa shape index (κ1) is 23.5. The van der Waals surface area contributed by atoms with Gasteiger partial charge in [0.25, 0.3) is 12.3 Å². The third-order valence-corrected chi connectivity index (χ3v) is 7.04. The van der Waals surface area contributed by atoms with Crippen LogP contribution < -0.4 is 5.32 Å². The Kier molecular flexibility index (Phi) is 6.92. The van der Waals surface area contributed by atoms with Crippen LogP contribution in [0.2, 0.25) is 5.02 Å². The zero-order valence-corrected chi connectivity index (χ0v) is 17.6. The highest BCUT2D eigenvalue weighted by molar-refractivity contribution is 7.89. The number of amides is 1. The van der Waals surface area contributed by atoms with Crippen LogP contribution in [0.1, 0.15) is 30.4 Å². The van der Waals surface area contributed by atoms with E-state index in [0.717, 1.165) is 12.1 Å². The Hall–Kier alpha value is -2.17. The standard InChI is InChI=1S/C20H19ClF4N2O3S/c21-15-5-7-16(8-6-15)31(29,30)27(12-13-1-3-14(4-2-13)18(22)23)17-11-20(24,25)9-10-26-19(17)28/h1-8,17-18H,9-12H2,(H,26,28). The second kappa shape index (κ2) is 9.13. The van der Waals surface area contributed by atoms with Crippen LogP contribution in [0.15, 0.2) is 53.4 Å². The summed E-state index contributed by atoms with van der Waals surface area (Å²) in [4.78, 5) is 12.3. The summed E-state index contributed by atoms with van der Waals surface area (Å²) in [6, 6.07) is 8.17. The zero-order chi connectivity index (χ0) is 22.8. The molecule has 3 rings (SSSR count). The quantitative estimate of drug-likeness (QED) is 0.626. The van der Waals surface area contributed by atoms with Gasteiger partial charge in [0.05, 0.1) is 4.90 Å². The number of carbonyl (C=O) groups excluding carboxylic acids is 1. The molecule has 5 nitrogen and oxygen atoms in total. The smallest absolute Gasteiger partial charge is 0.263 e. The average Bonchev–Trinajstić information content (AvgIpc) is 2.84.